The molecule has 0 spiro atoms. The molecule has 0 atom stereocenters. The average molecular weight is 531 g/mol. The lowest BCUT2D eigenvalue weighted by Gasteiger charge is -2.21. The Kier molecular flexibility index (Phi) is 6.68. The van der Waals surface area contributed by atoms with Crippen molar-refractivity contribution in [3.05, 3.63) is 79.4 Å². The minimum Gasteiger partial charge on any atom is -0.325 e. The van der Waals surface area contributed by atoms with Crippen LogP contribution >= 0.6 is 46.3 Å². The lowest BCUT2D eigenvalue weighted by molar-refractivity contribution is -0.113. The van der Waals surface area contributed by atoms with E-state index in [0.717, 1.165) is 25.1 Å². The molecule has 0 bridgehead atoms. The molecule has 1 N–H and O–H groups in total. The first kappa shape index (κ1) is 23.4. The summed E-state index contributed by atoms with van der Waals surface area (Å²) in [6, 6.07) is 14.0. The number of likely N-dealkylation sites (N-methyl/N-ethyl adjacent to an activating group) is 1. The van der Waals surface area contributed by atoms with E-state index in [1.807, 2.05) is 0 Å². The van der Waals surface area contributed by atoms with Gasteiger partial charge in [0.1, 0.15) is 4.83 Å². The molecule has 0 saturated heterocycles. The molecule has 0 radical (unpaired) electrons. The number of carbonyl (C=O) groups excluding carboxylic acids is 1. The normalized spacial score (nSPS) is 13.7. The summed E-state index contributed by atoms with van der Waals surface area (Å²) in [4.78, 5) is 35.4. The molecule has 3 heterocycles. The van der Waals surface area contributed by atoms with Crippen molar-refractivity contribution < 1.29 is 4.79 Å². The molecule has 5 rings (SSSR count). The van der Waals surface area contributed by atoms with E-state index < -0.39 is 0 Å². The Labute approximate surface area is 214 Å². The summed E-state index contributed by atoms with van der Waals surface area (Å²) in [6.07, 6.45) is 0.817. The number of thioether (sulfide) groups is 1. The number of nitrogens with zero attached hydrogens (tertiary/aromatic N) is 3. The number of anilines is 1. The summed E-state index contributed by atoms with van der Waals surface area (Å²) < 4.78 is 1.58. The first-order valence-electron chi connectivity index (χ1n) is 10.6. The van der Waals surface area contributed by atoms with Crippen LogP contribution in [-0.2, 0) is 17.8 Å². The number of thiophene rings is 1. The maximum absolute atomic E-state index is 13.8. The van der Waals surface area contributed by atoms with Gasteiger partial charge in [-0.25, -0.2) is 4.98 Å². The molecular weight excluding hydrogens is 511 g/mol. The van der Waals surface area contributed by atoms with Crippen molar-refractivity contribution in [1.82, 2.24) is 14.5 Å². The summed E-state index contributed by atoms with van der Waals surface area (Å²) in [5.74, 6) is -0.123. The van der Waals surface area contributed by atoms with Crippen molar-refractivity contribution in [3.8, 4) is 5.69 Å². The monoisotopic (exact) mass is 530 g/mol. The number of aromatic nitrogens is 2. The third kappa shape index (κ3) is 4.74. The molecule has 1 aliphatic heterocycles. The fourth-order valence-electron chi connectivity index (χ4n) is 3.96. The highest BCUT2D eigenvalue weighted by Gasteiger charge is 2.24. The Balaban J connectivity index is 1.53. The molecule has 2 aromatic carbocycles. The molecule has 0 saturated carbocycles. The van der Waals surface area contributed by atoms with Crippen molar-refractivity contribution in [2.75, 3.05) is 24.7 Å². The molecule has 4 aromatic rings. The van der Waals surface area contributed by atoms with Gasteiger partial charge in [-0.05, 0) is 61.5 Å². The van der Waals surface area contributed by atoms with Gasteiger partial charge in [0, 0.05) is 33.7 Å². The maximum Gasteiger partial charge on any atom is 0.267 e. The van der Waals surface area contributed by atoms with Crippen molar-refractivity contribution in [3.63, 3.8) is 0 Å². The van der Waals surface area contributed by atoms with E-state index in [4.69, 9.17) is 28.2 Å². The van der Waals surface area contributed by atoms with Crippen LogP contribution in [0.1, 0.15) is 10.4 Å². The third-order valence-electron chi connectivity index (χ3n) is 5.56. The number of nitrogens with one attached hydrogen (secondary N) is 1. The second kappa shape index (κ2) is 9.71. The summed E-state index contributed by atoms with van der Waals surface area (Å²) in [5.41, 5.74) is 2.25. The highest BCUT2D eigenvalue weighted by atomic mass is 35.5. The molecule has 6 nitrogen and oxygen atoms in total. The van der Waals surface area contributed by atoms with Crippen LogP contribution in [0.5, 0.6) is 0 Å². The van der Waals surface area contributed by atoms with Gasteiger partial charge < -0.3 is 10.2 Å². The molecule has 1 amide bonds. The van der Waals surface area contributed by atoms with Gasteiger partial charge >= 0.3 is 0 Å². The quantitative estimate of drug-likeness (QED) is 0.273. The lowest BCUT2D eigenvalue weighted by Crippen LogP contribution is -2.27. The number of carbonyl (C=O) groups is 1. The topological polar surface area (TPSA) is 67.2 Å². The SMILES string of the molecule is CN1CCc2c(sc3nc(SCC(=O)Nc4cccc(Cl)c4)n(-c4ccc(Cl)cc4)c(=O)c23)C1. The van der Waals surface area contributed by atoms with Crippen molar-refractivity contribution in [2.45, 2.75) is 18.1 Å². The van der Waals surface area contributed by atoms with Gasteiger partial charge in [-0.1, -0.05) is 41.0 Å². The van der Waals surface area contributed by atoms with E-state index in [1.54, 1.807) is 64.4 Å². The molecule has 0 aliphatic carbocycles. The lowest BCUT2D eigenvalue weighted by atomic mass is 10.1. The summed E-state index contributed by atoms with van der Waals surface area (Å²) in [7, 11) is 2.08. The zero-order chi connectivity index (χ0) is 23.8. The van der Waals surface area contributed by atoms with Gasteiger partial charge in [-0.15, -0.1) is 11.3 Å². The van der Waals surface area contributed by atoms with Crippen LogP contribution in [-0.4, -0.2) is 39.7 Å². The van der Waals surface area contributed by atoms with Crippen molar-refractivity contribution in [1.29, 1.82) is 0 Å². The predicted molar refractivity (Wildman–Crippen MR) is 141 cm³/mol. The molecular formula is C24H20Cl2N4O2S2. The smallest absolute Gasteiger partial charge is 0.267 e. The molecule has 174 valence electrons. The Hall–Kier alpha value is -2.36. The van der Waals surface area contributed by atoms with Gasteiger partial charge in [-0.2, -0.15) is 0 Å². The van der Waals surface area contributed by atoms with Crippen LogP contribution in [0.3, 0.4) is 0 Å². The zero-order valence-corrected chi connectivity index (χ0v) is 21.3. The van der Waals surface area contributed by atoms with E-state index in [0.29, 0.717) is 36.8 Å². The van der Waals surface area contributed by atoms with Gasteiger partial charge in [0.2, 0.25) is 5.91 Å². The Morgan fingerprint density at radius 2 is 1.97 bits per heavy atom. The minimum atomic E-state index is -0.212. The first-order valence-corrected chi connectivity index (χ1v) is 13.1. The third-order valence-corrected chi connectivity index (χ3v) is 8.10. The molecule has 2 aromatic heterocycles. The van der Waals surface area contributed by atoms with Crippen LogP contribution in [0.4, 0.5) is 5.69 Å². The Morgan fingerprint density at radius 1 is 1.18 bits per heavy atom. The minimum absolute atomic E-state index is 0.0892. The second-order valence-electron chi connectivity index (χ2n) is 8.03. The summed E-state index contributed by atoms with van der Waals surface area (Å²) in [5, 5.41) is 5.10. The number of halogens is 2. The highest BCUT2D eigenvalue weighted by molar-refractivity contribution is 7.99. The molecule has 1 aliphatic rings. The number of amides is 1. The van der Waals surface area contributed by atoms with E-state index in [9.17, 15) is 9.59 Å². The number of fused-ring (bicyclic) bond motifs is 3. The van der Waals surface area contributed by atoms with Gasteiger partial charge in [0.15, 0.2) is 5.16 Å². The van der Waals surface area contributed by atoms with Gasteiger partial charge in [-0.3, -0.25) is 14.2 Å². The van der Waals surface area contributed by atoms with Crippen molar-refractivity contribution >= 4 is 68.1 Å². The number of hydrogen-bond donors (Lipinski definition) is 1. The zero-order valence-electron chi connectivity index (χ0n) is 18.2. The van der Waals surface area contributed by atoms with E-state index in [1.165, 1.54) is 16.6 Å². The molecule has 0 fully saturated rings. The van der Waals surface area contributed by atoms with E-state index in [-0.39, 0.29) is 17.2 Å². The average Bonchev–Trinajstić information content (AvgIpc) is 3.16. The predicted octanol–water partition coefficient (Wildman–Crippen LogP) is 5.47. The van der Waals surface area contributed by atoms with Crippen LogP contribution in [0.15, 0.2) is 58.5 Å². The number of hydrogen-bond acceptors (Lipinski definition) is 6. The summed E-state index contributed by atoms with van der Waals surface area (Å²) in [6.45, 7) is 1.71. The number of rotatable bonds is 5. The first-order chi connectivity index (χ1) is 16.4. The highest BCUT2D eigenvalue weighted by Crippen LogP contribution is 2.34. The van der Waals surface area contributed by atoms with Crippen LogP contribution in [0, 0.1) is 0 Å². The van der Waals surface area contributed by atoms with Crippen LogP contribution in [0.2, 0.25) is 10.0 Å². The van der Waals surface area contributed by atoms with Crippen LogP contribution in [0.25, 0.3) is 15.9 Å². The Morgan fingerprint density at radius 3 is 2.74 bits per heavy atom. The summed E-state index contributed by atoms with van der Waals surface area (Å²) >= 11 is 14.9. The van der Waals surface area contributed by atoms with E-state index in [2.05, 4.69) is 17.3 Å². The fraction of sp³-hybridized carbons (Fsp3) is 0.208. The van der Waals surface area contributed by atoms with E-state index >= 15 is 0 Å². The Bertz CT molecular complexity index is 1450. The fourth-order valence-corrected chi connectivity index (χ4v) is 6.43. The molecule has 0 unspecified atom stereocenters. The molecule has 10 heteroatoms. The standard InChI is InChI=1S/C24H20Cl2N4O2S2/c1-29-10-9-18-19(12-29)34-22-21(18)23(32)30(17-7-5-14(25)6-8-17)24(28-22)33-13-20(31)27-16-4-2-3-15(26)11-16/h2-8,11H,9-10,12-13H2,1H3,(H,27,31). The van der Waals surface area contributed by atoms with Gasteiger partial charge in [0.05, 0.1) is 16.8 Å². The maximum atomic E-state index is 13.8. The molecule has 34 heavy (non-hydrogen) atoms. The second-order valence-corrected chi connectivity index (χ2v) is 10.9. The largest absolute Gasteiger partial charge is 0.325 e. The van der Waals surface area contributed by atoms with Crippen molar-refractivity contribution in [2.24, 2.45) is 0 Å². The van der Waals surface area contributed by atoms with Crippen LogP contribution < -0.4 is 10.9 Å². The van der Waals surface area contributed by atoms with Gasteiger partial charge in [0.25, 0.3) is 5.56 Å². The number of benzene rings is 2.